The molecule has 0 atom stereocenters. The Morgan fingerprint density at radius 2 is 2.43 bits per heavy atom. The molecule has 4 rings (SSSR count). The van der Waals surface area contributed by atoms with Gasteiger partial charge in [0.25, 0.3) is 0 Å². The van der Waals surface area contributed by atoms with Crippen LogP contribution in [0.1, 0.15) is 24.1 Å². The van der Waals surface area contributed by atoms with E-state index in [1.165, 1.54) is 18.5 Å². The highest BCUT2D eigenvalue weighted by atomic mass is 32.1. The van der Waals surface area contributed by atoms with E-state index < -0.39 is 0 Å². The van der Waals surface area contributed by atoms with Crippen LogP contribution in [0.25, 0.3) is 4.96 Å². The predicted octanol–water partition coefficient (Wildman–Crippen LogP) is 2.88. The van der Waals surface area contributed by atoms with Crippen LogP contribution in [0.2, 0.25) is 0 Å². The molecule has 0 saturated heterocycles. The SMILES string of the molecule is CN(Cc1ccoc1)c1nc2sccn2c1CNC1CC1. The Hall–Kier alpha value is -1.79. The summed E-state index contributed by atoms with van der Waals surface area (Å²) >= 11 is 1.68. The largest absolute Gasteiger partial charge is 0.472 e. The van der Waals surface area contributed by atoms with Gasteiger partial charge in [0.15, 0.2) is 10.8 Å². The summed E-state index contributed by atoms with van der Waals surface area (Å²) in [5, 5.41) is 5.68. The second-order valence-corrected chi connectivity index (χ2v) is 6.45. The number of anilines is 1. The van der Waals surface area contributed by atoms with Gasteiger partial charge in [0.1, 0.15) is 0 Å². The van der Waals surface area contributed by atoms with E-state index >= 15 is 0 Å². The molecule has 21 heavy (non-hydrogen) atoms. The minimum absolute atomic E-state index is 0.696. The van der Waals surface area contributed by atoms with E-state index in [0.29, 0.717) is 6.04 Å². The maximum Gasteiger partial charge on any atom is 0.195 e. The summed E-state index contributed by atoms with van der Waals surface area (Å²) in [7, 11) is 2.08. The molecule has 0 radical (unpaired) electrons. The molecule has 6 heteroatoms. The van der Waals surface area contributed by atoms with Crippen molar-refractivity contribution in [1.82, 2.24) is 14.7 Å². The highest BCUT2D eigenvalue weighted by molar-refractivity contribution is 7.15. The zero-order chi connectivity index (χ0) is 14.2. The van der Waals surface area contributed by atoms with Crippen LogP contribution in [0.5, 0.6) is 0 Å². The minimum Gasteiger partial charge on any atom is -0.472 e. The van der Waals surface area contributed by atoms with Gasteiger partial charge in [0.2, 0.25) is 0 Å². The van der Waals surface area contributed by atoms with Crippen LogP contribution in [0, 0.1) is 0 Å². The van der Waals surface area contributed by atoms with Crippen molar-refractivity contribution in [2.75, 3.05) is 11.9 Å². The lowest BCUT2D eigenvalue weighted by Gasteiger charge is -2.17. The number of hydrogen-bond acceptors (Lipinski definition) is 5. The smallest absolute Gasteiger partial charge is 0.195 e. The third kappa shape index (κ3) is 2.56. The monoisotopic (exact) mass is 302 g/mol. The average Bonchev–Trinajstić information content (AvgIpc) is 2.90. The molecule has 110 valence electrons. The Bertz CT molecular complexity index is 726. The molecule has 0 aromatic carbocycles. The molecule has 1 saturated carbocycles. The quantitative estimate of drug-likeness (QED) is 0.760. The fourth-order valence-electron chi connectivity index (χ4n) is 2.55. The molecule has 5 nitrogen and oxygen atoms in total. The van der Waals surface area contributed by atoms with Gasteiger partial charge in [-0.05, 0) is 18.9 Å². The number of rotatable bonds is 6. The molecule has 0 unspecified atom stereocenters. The van der Waals surface area contributed by atoms with Gasteiger partial charge in [-0.15, -0.1) is 11.3 Å². The van der Waals surface area contributed by atoms with Gasteiger partial charge < -0.3 is 14.6 Å². The van der Waals surface area contributed by atoms with E-state index in [9.17, 15) is 0 Å². The lowest BCUT2D eigenvalue weighted by Crippen LogP contribution is -2.22. The molecule has 3 aromatic heterocycles. The second kappa shape index (κ2) is 5.20. The topological polar surface area (TPSA) is 45.7 Å². The molecule has 1 N–H and O–H groups in total. The van der Waals surface area contributed by atoms with Crippen molar-refractivity contribution in [2.24, 2.45) is 0 Å². The van der Waals surface area contributed by atoms with Gasteiger partial charge >= 0.3 is 0 Å². The number of nitrogens with one attached hydrogen (secondary N) is 1. The number of imidazole rings is 1. The summed E-state index contributed by atoms with van der Waals surface area (Å²) in [6.07, 6.45) is 8.20. The fraction of sp³-hybridized carbons (Fsp3) is 0.400. The number of hydrogen-bond donors (Lipinski definition) is 1. The summed E-state index contributed by atoms with van der Waals surface area (Å²) in [5.41, 5.74) is 2.40. The molecule has 1 aliphatic carbocycles. The standard InChI is InChI=1S/C15H18N4OS/c1-18(9-11-4-6-20-10-11)14-13(8-16-12-2-3-12)19-5-7-21-15(19)17-14/h4-7,10,12,16H,2-3,8-9H2,1H3. The Labute approximate surface area is 127 Å². The van der Waals surface area contributed by atoms with Crippen LogP contribution in [-0.4, -0.2) is 22.5 Å². The molecule has 1 fully saturated rings. The molecule has 0 spiro atoms. The van der Waals surface area contributed by atoms with Crippen LogP contribution in [0.3, 0.4) is 0 Å². The van der Waals surface area contributed by atoms with Crippen LogP contribution in [0.4, 0.5) is 5.82 Å². The lowest BCUT2D eigenvalue weighted by molar-refractivity contribution is 0.563. The Morgan fingerprint density at radius 3 is 3.19 bits per heavy atom. The van der Waals surface area contributed by atoms with E-state index in [4.69, 9.17) is 9.40 Å². The summed E-state index contributed by atoms with van der Waals surface area (Å²) < 4.78 is 7.35. The highest BCUT2D eigenvalue weighted by Crippen LogP contribution is 2.27. The molecule has 1 aliphatic rings. The maximum absolute atomic E-state index is 5.15. The van der Waals surface area contributed by atoms with Gasteiger partial charge in [-0.3, -0.25) is 4.40 Å². The predicted molar refractivity (Wildman–Crippen MR) is 83.7 cm³/mol. The normalized spacial score (nSPS) is 14.9. The first-order chi connectivity index (χ1) is 10.3. The summed E-state index contributed by atoms with van der Waals surface area (Å²) in [6, 6.07) is 2.69. The van der Waals surface area contributed by atoms with Crippen LogP contribution in [-0.2, 0) is 13.1 Å². The first-order valence-electron chi connectivity index (χ1n) is 7.21. The van der Waals surface area contributed by atoms with Gasteiger partial charge in [-0.1, -0.05) is 0 Å². The number of nitrogens with zero attached hydrogens (tertiary/aromatic N) is 3. The summed E-state index contributed by atoms with van der Waals surface area (Å²) in [6.45, 7) is 1.67. The van der Waals surface area contributed by atoms with Gasteiger partial charge in [-0.2, -0.15) is 0 Å². The van der Waals surface area contributed by atoms with Crippen molar-refractivity contribution in [3.8, 4) is 0 Å². The summed E-state index contributed by atoms with van der Waals surface area (Å²) in [4.78, 5) is 8.03. The number of aromatic nitrogens is 2. The third-order valence-corrected chi connectivity index (χ3v) is 4.59. The van der Waals surface area contributed by atoms with Crippen LogP contribution in [0.15, 0.2) is 34.6 Å². The molecule has 0 amide bonds. The molecule has 3 heterocycles. The van der Waals surface area contributed by atoms with E-state index in [0.717, 1.165) is 29.4 Å². The van der Waals surface area contributed by atoms with Crippen molar-refractivity contribution in [3.05, 3.63) is 41.4 Å². The zero-order valence-corrected chi connectivity index (χ0v) is 12.8. The van der Waals surface area contributed by atoms with E-state index in [1.54, 1.807) is 23.9 Å². The lowest BCUT2D eigenvalue weighted by atomic mass is 10.3. The van der Waals surface area contributed by atoms with Gasteiger partial charge in [0.05, 0.1) is 18.2 Å². The first kappa shape index (κ1) is 12.9. The van der Waals surface area contributed by atoms with Crippen molar-refractivity contribution in [1.29, 1.82) is 0 Å². The Balaban J connectivity index is 1.62. The number of thiazole rings is 1. The van der Waals surface area contributed by atoms with Crippen LogP contribution >= 0.6 is 11.3 Å². The van der Waals surface area contributed by atoms with Crippen molar-refractivity contribution < 1.29 is 4.42 Å². The van der Waals surface area contributed by atoms with E-state index in [1.807, 2.05) is 6.07 Å². The van der Waals surface area contributed by atoms with Crippen molar-refractivity contribution >= 4 is 22.1 Å². The molecular weight excluding hydrogens is 284 g/mol. The number of fused-ring (bicyclic) bond motifs is 1. The van der Waals surface area contributed by atoms with Gasteiger partial charge in [-0.25, -0.2) is 4.98 Å². The van der Waals surface area contributed by atoms with E-state index in [2.05, 4.69) is 33.2 Å². The average molecular weight is 302 g/mol. The Kier molecular flexibility index (Phi) is 3.20. The van der Waals surface area contributed by atoms with Crippen LogP contribution < -0.4 is 10.2 Å². The molecule has 3 aromatic rings. The van der Waals surface area contributed by atoms with Gasteiger partial charge in [0, 0.05) is 43.3 Å². The van der Waals surface area contributed by atoms with Crippen molar-refractivity contribution in [3.63, 3.8) is 0 Å². The third-order valence-electron chi connectivity index (χ3n) is 3.84. The minimum atomic E-state index is 0.696. The molecule has 0 bridgehead atoms. The van der Waals surface area contributed by atoms with E-state index in [-0.39, 0.29) is 0 Å². The first-order valence-corrected chi connectivity index (χ1v) is 8.09. The fourth-order valence-corrected chi connectivity index (χ4v) is 3.28. The van der Waals surface area contributed by atoms with Crippen molar-refractivity contribution in [2.45, 2.75) is 32.0 Å². The maximum atomic E-state index is 5.15. The summed E-state index contributed by atoms with van der Waals surface area (Å²) in [5.74, 6) is 1.05. The highest BCUT2D eigenvalue weighted by Gasteiger charge is 2.23. The molecule has 0 aliphatic heterocycles. The number of furan rings is 1. The second-order valence-electron chi connectivity index (χ2n) is 5.58. The zero-order valence-electron chi connectivity index (χ0n) is 12.0. The Morgan fingerprint density at radius 1 is 1.52 bits per heavy atom. The molecular formula is C15H18N4OS.